The highest BCUT2D eigenvalue weighted by Gasteiger charge is 2.31. The minimum atomic E-state index is -4.49. The number of rotatable bonds is 6. The van der Waals surface area contributed by atoms with Crippen molar-refractivity contribution in [3.8, 4) is 11.4 Å². The number of ether oxygens (including phenoxy) is 2. The van der Waals surface area contributed by atoms with E-state index in [4.69, 9.17) is 9.47 Å². The second kappa shape index (κ2) is 9.95. The van der Waals surface area contributed by atoms with Gasteiger partial charge < -0.3 is 19.7 Å². The summed E-state index contributed by atoms with van der Waals surface area (Å²) in [6.07, 6.45) is -1.20. The van der Waals surface area contributed by atoms with Crippen molar-refractivity contribution in [2.45, 2.75) is 38.8 Å². The molecule has 1 amide bonds. The van der Waals surface area contributed by atoms with Crippen molar-refractivity contribution in [3.05, 3.63) is 65.6 Å². The van der Waals surface area contributed by atoms with Gasteiger partial charge in [-0.25, -0.2) is 9.67 Å². The summed E-state index contributed by atoms with van der Waals surface area (Å²) in [6, 6.07) is 8.45. The zero-order chi connectivity index (χ0) is 25.2. The number of pyridine rings is 1. The highest BCUT2D eigenvalue weighted by molar-refractivity contribution is 5.94. The Bertz CT molecular complexity index is 1170. The fourth-order valence-corrected chi connectivity index (χ4v) is 3.96. The third-order valence-corrected chi connectivity index (χ3v) is 5.56. The van der Waals surface area contributed by atoms with Gasteiger partial charge in [0, 0.05) is 25.8 Å². The van der Waals surface area contributed by atoms with Crippen molar-refractivity contribution < 1.29 is 27.4 Å². The number of nitrogens with one attached hydrogen (secondary N) is 1. The summed E-state index contributed by atoms with van der Waals surface area (Å²) in [7, 11) is 1.36. The normalized spacial score (nSPS) is 18.4. The average molecular weight is 489 g/mol. The van der Waals surface area contributed by atoms with Gasteiger partial charge in [0.2, 0.25) is 0 Å². The van der Waals surface area contributed by atoms with Gasteiger partial charge in [-0.2, -0.15) is 18.3 Å². The molecule has 3 heterocycles. The summed E-state index contributed by atoms with van der Waals surface area (Å²) < 4.78 is 51.3. The number of carbonyl (C=O) groups excluding carboxylic acids is 1. The van der Waals surface area contributed by atoms with Crippen LogP contribution >= 0.6 is 0 Å². The molecule has 1 aliphatic heterocycles. The predicted molar refractivity (Wildman–Crippen MR) is 123 cm³/mol. The van der Waals surface area contributed by atoms with Crippen molar-refractivity contribution in [2.24, 2.45) is 0 Å². The monoisotopic (exact) mass is 489 g/mol. The van der Waals surface area contributed by atoms with E-state index in [1.165, 1.54) is 30.1 Å². The van der Waals surface area contributed by atoms with Gasteiger partial charge in [0.25, 0.3) is 5.91 Å². The van der Waals surface area contributed by atoms with Gasteiger partial charge in [-0.1, -0.05) is 12.1 Å². The Kier molecular flexibility index (Phi) is 6.97. The number of anilines is 1. The first kappa shape index (κ1) is 24.5. The molecule has 1 fully saturated rings. The maximum atomic E-state index is 13.1. The van der Waals surface area contributed by atoms with Gasteiger partial charge in [-0.05, 0) is 43.7 Å². The number of amides is 1. The zero-order valence-corrected chi connectivity index (χ0v) is 19.5. The fourth-order valence-electron chi connectivity index (χ4n) is 3.96. The van der Waals surface area contributed by atoms with Crippen LogP contribution in [0.25, 0.3) is 5.69 Å². The summed E-state index contributed by atoms with van der Waals surface area (Å²) in [4.78, 5) is 19.4. The Balaban J connectivity index is 1.44. The minimum absolute atomic E-state index is 0.0363. The highest BCUT2D eigenvalue weighted by Crippen LogP contribution is 2.31. The van der Waals surface area contributed by atoms with Gasteiger partial charge in [0.15, 0.2) is 11.4 Å². The van der Waals surface area contributed by atoms with E-state index in [0.717, 1.165) is 36.6 Å². The van der Waals surface area contributed by atoms with Crippen LogP contribution in [0.5, 0.6) is 5.75 Å². The van der Waals surface area contributed by atoms with Crippen LogP contribution in [0.3, 0.4) is 0 Å². The molecule has 1 aliphatic rings. The molecule has 2 unspecified atom stereocenters. The number of carbonyl (C=O) groups is 1. The van der Waals surface area contributed by atoms with Crippen molar-refractivity contribution >= 4 is 11.7 Å². The summed E-state index contributed by atoms with van der Waals surface area (Å²) in [5.41, 5.74) is 0.0923. The molecule has 3 aromatic rings. The van der Waals surface area contributed by atoms with Crippen molar-refractivity contribution in [1.29, 1.82) is 0 Å². The largest absolute Gasteiger partial charge is 0.493 e. The molecule has 35 heavy (non-hydrogen) atoms. The maximum Gasteiger partial charge on any atom is 0.416 e. The maximum absolute atomic E-state index is 13.1. The molecule has 186 valence electrons. The van der Waals surface area contributed by atoms with Crippen molar-refractivity contribution in [3.63, 3.8) is 0 Å². The highest BCUT2D eigenvalue weighted by atomic mass is 19.4. The third kappa shape index (κ3) is 5.73. The molecule has 0 bridgehead atoms. The smallest absolute Gasteiger partial charge is 0.416 e. The van der Waals surface area contributed by atoms with Gasteiger partial charge >= 0.3 is 6.18 Å². The average Bonchev–Trinajstić information content (AvgIpc) is 3.26. The molecular weight excluding hydrogens is 463 g/mol. The lowest BCUT2D eigenvalue weighted by Crippen LogP contribution is -2.45. The van der Waals surface area contributed by atoms with Crippen LogP contribution in [0.15, 0.2) is 48.8 Å². The van der Waals surface area contributed by atoms with E-state index in [-0.39, 0.29) is 35.9 Å². The number of halogens is 3. The molecule has 1 N–H and O–H groups in total. The topological polar surface area (TPSA) is 81.5 Å². The second-order valence-electron chi connectivity index (χ2n) is 8.41. The number of methoxy groups -OCH3 is 1. The molecule has 1 aromatic carbocycles. The van der Waals surface area contributed by atoms with E-state index in [1.807, 2.05) is 26.0 Å². The SMILES string of the molecule is COc1cn(-c2cccc(C(F)(F)F)c2)nc1C(=O)NCc1ccc(N2CC(C)OC(C)C2)nc1. The molecule has 0 spiro atoms. The molecule has 0 radical (unpaired) electrons. The molecule has 11 heteroatoms. The number of hydrogen-bond acceptors (Lipinski definition) is 6. The number of aromatic nitrogens is 3. The number of benzene rings is 1. The number of morpholine rings is 1. The molecule has 0 aliphatic carbocycles. The van der Waals surface area contributed by atoms with Crippen LogP contribution in [0.2, 0.25) is 0 Å². The lowest BCUT2D eigenvalue weighted by atomic mass is 10.2. The summed E-state index contributed by atoms with van der Waals surface area (Å²) in [6.45, 7) is 5.75. The van der Waals surface area contributed by atoms with Crippen molar-refractivity contribution in [1.82, 2.24) is 20.1 Å². The van der Waals surface area contributed by atoms with Crippen LogP contribution in [0, 0.1) is 0 Å². The van der Waals surface area contributed by atoms with Crippen LogP contribution in [0.4, 0.5) is 19.0 Å². The molecule has 4 rings (SSSR count). The van der Waals surface area contributed by atoms with Crippen molar-refractivity contribution in [2.75, 3.05) is 25.1 Å². The first-order valence-corrected chi connectivity index (χ1v) is 11.1. The molecule has 2 aromatic heterocycles. The molecule has 2 atom stereocenters. The van der Waals surface area contributed by atoms with E-state index in [9.17, 15) is 18.0 Å². The van der Waals surface area contributed by atoms with Gasteiger partial charge in [-0.15, -0.1) is 0 Å². The summed E-state index contributed by atoms with van der Waals surface area (Å²) in [5, 5.41) is 6.91. The van der Waals surface area contributed by atoms with Gasteiger partial charge in [0.1, 0.15) is 5.82 Å². The van der Waals surface area contributed by atoms with E-state index in [2.05, 4.69) is 20.3 Å². The Morgan fingerprint density at radius 1 is 1.20 bits per heavy atom. The van der Waals surface area contributed by atoms with Crippen LogP contribution < -0.4 is 15.0 Å². The third-order valence-electron chi connectivity index (χ3n) is 5.56. The molecule has 1 saturated heterocycles. The zero-order valence-electron chi connectivity index (χ0n) is 19.5. The second-order valence-corrected chi connectivity index (χ2v) is 8.41. The Morgan fingerprint density at radius 3 is 2.57 bits per heavy atom. The standard InChI is InChI=1S/C24H26F3N5O3/c1-15-12-31(13-16(2)35-15)21-8-7-17(10-28-21)11-29-23(33)22-20(34-3)14-32(30-22)19-6-4-5-18(9-19)24(25,26)27/h4-10,14-16H,11-13H2,1-3H3,(H,29,33). The van der Waals surface area contributed by atoms with E-state index in [1.54, 1.807) is 6.20 Å². The first-order chi connectivity index (χ1) is 16.6. The van der Waals surface area contributed by atoms with E-state index < -0.39 is 17.6 Å². The minimum Gasteiger partial charge on any atom is -0.493 e. The predicted octanol–water partition coefficient (Wildman–Crippen LogP) is 3.84. The Morgan fingerprint density at radius 2 is 1.94 bits per heavy atom. The summed E-state index contributed by atoms with van der Waals surface area (Å²) in [5.74, 6) is 0.458. The number of nitrogens with zero attached hydrogens (tertiary/aromatic N) is 4. The lowest BCUT2D eigenvalue weighted by molar-refractivity contribution is -0.137. The van der Waals surface area contributed by atoms with Crippen LogP contribution in [-0.2, 0) is 17.5 Å². The first-order valence-electron chi connectivity index (χ1n) is 11.1. The Hall–Kier alpha value is -3.60. The van der Waals surface area contributed by atoms with Gasteiger partial charge in [-0.3, -0.25) is 4.79 Å². The van der Waals surface area contributed by atoms with Crippen LogP contribution in [0.1, 0.15) is 35.5 Å². The molecule has 0 saturated carbocycles. The quantitative estimate of drug-likeness (QED) is 0.567. The molecular formula is C24H26F3N5O3. The Labute approximate surface area is 200 Å². The number of alkyl halides is 3. The summed E-state index contributed by atoms with van der Waals surface area (Å²) >= 11 is 0. The van der Waals surface area contributed by atoms with Gasteiger partial charge in [0.05, 0.1) is 36.8 Å². The number of hydrogen-bond donors (Lipinski definition) is 1. The fraction of sp³-hybridized carbons (Fsp3) is 0.375. The molecule has 8 nitrogen and oxygen atoms in total. The van der Waals surface area contributed by atoms with Crippen LogP contribution in [-0.4, -0.2) is 53.1 Å². The van der Waals surface area contributed by atoms with E-state index in [0.29, 0.717) is 0 Å². The van der Waals surface area contributed by atoms with E-state index >= 15 is 0 Å². The lowest BCUT2D eigenvalue weighted by Gasteiger charge is -2.36.